The van der Waals surface area contributed by atoms with E-state index in [9.17, 15) is 9.59 Å². The molecular weight excluding hydrogens is 398 g/mol. The molecule has 1 atom stereocenters. The van der Waals surface area contributed by atoms with Gasteiger partial charge in [0.25, 0.3) is 11.8 Å². The van der Waals surface area contributed by atoms with Gasteiger partial charge in [0.1, 0.15) is 6.17 Å². The molecule has 0 aliphatic carbocycles. The van der Waals surface area contributed by atoms with Crippen LogP contribution >= 0.6 is 0 Å². The van der Waals surface area contributed by atoms with Gasteiger partial charge in [0.2, 0.25) is 0 Å². The fraction of sp³-hybridized carbons (Fsp3) is 0.259. The van der Waals surface area contributed by atoms with Gasteiger partial charge in [-0.25, -0.2) is 0 Å². The van der Waals surface area contributed by atoms with Crippen molar-refractivity contribution in [3.05, 3.63) is 94.5 Å². The van der Waals surface area contributed by atoms with Crippen molar-refractivity contribution in [2.45, 2.75) is 33.9 Å². The van der Waals surface area contributed by atoms with E-state index in [1.54, 1.807) is 12.1 Å². The molecule has 0 spiro atoms. The van der Waals surface area contributed by atoms with Crippen LogP contribution in [-0.4, -0.2) is 23.3 Å². The maximum Gasteiger partial charge on any atom is 0.256 e. The Labute approximate surface area is 189 Å². The molecule has 0 radical (unpaired) electrons. The van der Waals surface area contributed by atoms with Crippen molar-refractivity contribution < 1.29 is 9.59 Å². The highest BCUT2D eigenvalue weighted by molar-refractivity contribution is 6.04. The molecular formula is C27H29N3O2. The minimum absolute atomic E-state index is 0.0520. The van der Waals surface area contributed by atoms with E-state index in [0.29, 0.717) is 18.0 Å². The van der Waals surface area contributed by atoms with Gasteiger partial charge in [-0.15, -0.1) is 0 Å². The number of benzene rings is 3. The van der Waals surface area contributed by atoms with Gasteiger partial charge in [-0.1, -0.05) is 38.1 Å². The van der Waals surface area contributed by atoms with E-state index in [4.69, 9.17) is 0 Å². The van der Waals surface area contributed by atoms with Crippen LogP contribution in [0, 0.1) is 19.8 Å². The minimum atomic E-state index is -0.226. The molecule has 0 saturated carbocycles. The van der Waals surface area contributed by atoms with Gasteiger partial charge in [-0.05, 0) is 73.4 Å². The van der Waals surface area contributed by atoms with E-state index in [2.05, 4.69) is 24.5 Å². The molecule has 0 aromatic heterocycles. The third kappa shape index (κ3) is 4.37. The molecule has 1 aliphatic rings. The predicted octanol–water partition coefficient (Wildman–Crippen LogP) is 5.78. The summed E-state index contributed by atoms with van der Waals surface area (Å²) in [4.78, 5) is 27.5. The first-order valence-corrected chi connectivity index (χ1v) is 11.0. The number of fused-ring (bicyclic) bond motifs is 1. The quantitative estimate of drug-likeness (QED) is 0.524. The Morgan fingerprint density at radius 3 is 2.31 bits per heavy atom. The zero-order valence-electron chi connectivity index (χ0n) is 19.0. The molecule has 2 N–H and O–H groups in total. The number of rotatable bonds is 6. The summed E-state index contributed by atoms with van der Waals surface area (Å²) in [6, 6.07) is 21.0. The summed E-state index contributed by atoms with van der Waals surface area (Å²) in [6.07, 6.45) is -0.226. The molecule has 5 heteroatoms. The van der Waals surface area contributed by atoms with Crippen LogP contribution in [0.1, 0.15) is 57.4 Å². The third-order valence-electron chi connectivity index (χ3n) is 5.84. The Bertz CT molecular complexity index is 1150. The van der Waals surface area contributed by atoms with Crippen molar-refractivity contribution >= 4 is 23.2 Å². The molecule has 32 heavy (non-hydrogen) atoms. The summed E-state index contributed by atoms with van der Waals surface area (Å²) in [7, 11) is 0. The summed E-state index contributed by atoms with van der Waals surface area (Å²) in [5.74, 6) is 0.257. The highest BCUT2D eigenvalue weighted by Gasteiger charge is 2.36. The number of nitrogens with zero attached hydrogens (tertiary/aromatic N) is 1. The van der Waals surface area contributed by atoms with E-state index in [1.165, 1.54) is 5.56 Å². The van der Waals surface area contributed by atoms with E-state index < -0.39 is 0 Å². The summed E-state index contributed by atoms with van der Waals surface area (Å²) in [5, 5.41) is 6.44. The molecule has 0 unspecified atom stereocenters. The van der Waals surface area contributed by atoms with Crippen LogP contribution in [-0.2, 0) is 0 Å². The van der Waals surface area contributed by atoms with Crippen LogP contribution in [0.25, 0.3) is 0 Å². The predicted molar refractivity (Wildman–Crippen MR) is 129 cm³/mol. The van der Waals surface area contributed by atoms with Gasteiger partial charge in [-0.3, -0.25) is 9.59 Å². The minimum Gasteiger partial charge on any atom is -0.361 e. The highest BCUT2D eigenvalue weighted by Crippen LogP contribution is 2.35. The largest absolute Gasteiger partial charge is 0.361 e. The monoisotopic (exact) mass is 427 g/mol. The number of carbonyl (C=O) groups excluding carboxylic acids is 2. The van der Waals surface area contributed by atoms with Gasteiger partial charge in [0.15, 0.2) is 0 Å². The van der Waals surface area contributed by atoms with Crippen LogP contribution < -0.4 is 10.6 Å². The molecule has 4 rings (SSSR count). The van der Waals surface area contributed by atoms with Crippen LogP contribution in [0.15, 0.2) is 66.7 Å². The maximum absolute atomic E-state index is 12.9. The lowest BCUT2D eigenvalue weighted by Crippen LogP contribution is -2.35. The topological polar surface area (TPSA) is 61.4 Å². The second-order valence-corrected chi connectivity index (χ2v) is 8.82. The lowest BCUT2D eigenvalue weighted by molar-refractivity contribution is 0.0720. The summed E-state index contributed by atoms with van der Waals surface area (Å²) in [5.41, 5.74) is 6.28. The number of nitrogens with one attached hydrogen (secondary N) is 2. The van der Waals surface area contributed by atoms with E-state index in [1.807, 2.05) is 73.3 Å². The van der Waals surface area contributed by atoms with Crippen LogP contribution in [0.3, 0.4) is 0 Å². The van der Waals surface area contributed by atoms with Gasteiger partial charge in [0.05, 0.1) is 0 Å². The van der Waals surface area contributed by atoms with Crippen LogP contribution in [0.4, 0.5) is 11.4 Å². The zero-order chi connectivity index (χ0) is 22.8. The number of carbonyl (C=O) groups is 2. The zero-order valence-corrected chi connectivity index (χ0v) is 19.0. The molecule has 1 aliphatic heterocycles. The number of anilines is 2. The van der Waals surface area contributed by atoms with Gasteiger partial charge >= 0.3 is 0 Å². The van der Waals surface area contributed by atoms with Gasteiger partial charge in [-0.2, -0.15) is 0 Å². The second-order valence-electron chi connectivity index (χ2n) is 8.82. The first-order valence-electron chi connectivity index (χ1n) is 11.0. The number of amides is 2. The summed E-state index contributed by atoms with van der Waals surface area (Å²) >= 11 is 0. The lowest BCUT2D eigenvalue weighted by Gasteiger charge is -2.28. The molecule has 164 valence electrons. The molecule has 0 fully saturated rings. The Hall–Kier alpha value is -3.60. The number of hydrogen-bond donors (Lipinski definition) is 2. The van der Waals surface area contributed by atoms with Crippen molar-refractivity contribution in [2.75, 3.05) is 17.2 Å². The lowest BCUT2D eigenvalue weighted by atomic mass is 10.1. The van der Waals surface area contributed by atoms with E-state index in [0.717, 1.165) is 28.1 Å². The average molecular weight is 428 g/mol. The van der Waals surface area contributed by atoms with Crippen LogP contribution in [0.2, 0.25) is 0 Å². The van der Waals surface area contributed by atoms with Crippen molar-refractivity contribution in [3.63, 3.8) is 0 Å². The number of aryl methyl sites for hydroxylation is 2. The smallest absolute Gasteiger partial charge is 0.256 e. The van der Waals surface area contributed by atoms with E-state index >= 15 is 0 Å². The van der Waals surface area contributed by atoms with Crippen molar-refractivity contribution in [3.8, 4) is 0 Å². The van der Waals surface area contributed by atoms with Crippen LogP contribution in [0.5, 0.6) is 0 Å². The first kappa shape index (κ1) is 21.6. The van der Waals surface area contributed by atoms with Crippen molar-refractivity contribution in [1.29, 1.82) is 0 Å². The molecule has 0 saturated heterocycles. The Morgan fingerprint density at radius 2 is 1.62 bits per heavy atom. The third-order valence-corrected chi connectivity index (χ3v) is 5.84. The maximum atomic E-state index is 12.9. The van der Waals surface area contributed by atoms with E-state index in [-0.39, 0.29) is 18.0 Å². The molecule has 2 amide bonds. The molecule has 5 nitrogen and oxygen atoms in total. The van der Waals surface area contributed by atoms with Gasteiger partial charge < -0.3 is 15.5 Å². The molecule has 3 aromatic carbocycles. The SMILES string of the molecule is Cc1ccc(NC(=O)c2ccc(N[C@@H]3c4ccccc4C(=O)N3CC(C)C)cc2)cc1C. The highest BCUT2D eigenvalue weighted by atomic mass is 16.2. The summed E-state index contributed by atoms with van der Waals surface area (Å²) in [6.45, 7) is 8.96. The molecule has 1 heterocycles. The molecule has 3 aromatic rings. The van der Waals surface area contributed by atoms with Crippen molar-refractivity contribution in [2.24, 2.45) is 5.92 Å². The standard InChI is InChI=1S/C27H29N3O2/c1-17(2)16-30-25(23-7-5-6-8-24(23)27(30)32)28-21-13-10-20(11-14-21)26(31)29-22-12-9-18(3)19(4)15-22/h5-15,17,25,28H,16H2,1-4H3,(H,29,31)/t25-/m0/s1. The second kappa shape index (κ2) is 8.87. The number of hydrogen-bond acceptors (Lipinski definition) is 3. The average Bonchev–Trinajstić information content (AvgIpc) is 3.02. The Morgan fingerprint density at radius 1 is 0.938 bits per heavy atom. The van der Waals surface area contributed by atoms with Crippen molar-refractivity contribution in [1.82, 2.24) is 4.90 Å². The normalized spacial score (nSPS) is 15.1. The fourth-order valence-corrected chi connectivity index (χ4v) is 4.01. The van der Waals surface area contributed by atoms with Gasteiger partial charge in [0, 0.05) is 34.6 Å². The Balaban J connectivity index is 1.50. The fourth-order valence-electron chi connectivity index (χ4n) is 4.01. The Kier molecular flexibility index (Phi) is 5.99. The summed E-state index contributed by atoms with van der Waals surface area (Å²) < 4.78 is 0. The molecule has 0 bridgehead atoms. The first-order chi connectivity index (χ1) is 15.3.